The zero-order valence-corrected chi connectivity index (χ0v) is 19.7. The van der Waals surface area contributed by atoms with Gasteiger partial charge in [0.2, 0.25) is 5.91 Å². The smallest absolute Gasteiger partial charge is 0.221 e. The summed E-state index contributed by atoms with van der Waals surface area (Å²) >= 11 is 0. The Hall–Kier alpha value is -1.51. The molecule has 1 aliphatic carbocycles. The van der Waals surface area contributed by atoms with Crippen molar-refractivity contribution in [3.05, 3.63) is 23.8 Å². The van der Waals surface area contributed by atoms with Gasteiger partial charge in [0.05, 0.1) is 19.3 Å². The van der Waals surface area contributed by atoms with Gasteiger partial charge in [-0.3, -0.25) is 4.79 Å². The SMILES string of the molecule is CCNC(=NCc1ccc(OC)c(NC(C)=O)c1)NCCCC1CCCC1.I. The summed E-state index contributed by atoms with van der Waals surface area (Å²) in [7, 11) is 1.59. The molecule has 3 N–H and O–H groups in total. The molecule has 1 aliphatic rings. The van der Waals surface area contributed by atoms with Gasteiger partial charge in [0.25, 0.3) is 0 Å². The number of amides is 1. The molecule has 1 aromatic carbocycles. The lowest BCUT2D eigenvalue weighted by molar-refractivity contribution is -0.114. The van der Waals surface area contributed by atoms with Crippen molar-refractivity contribution >= 4 is 41.5 Å². The number of rotatable bonds is 9. The van der Waals surface area contributed by atoms with Gasteiger partial charge in [-0.15, -0.1) is 24.0 Å². The number of nitrogens with one attached hydrogen (secondary N) is 3. The van der Waals surface area contributed by atoms with Crippen LogP contribution in [0.25, 0.3) is 0 Å². The van der Waals surface area contributed by atoms with E-state index in [4.69, 9.17) is 4.74 Å². The number of methoxy groups -OCH3 is 1. The van der Waals surface area contributed by atoms with Gasteiger partial charge in [0.15, 0.2) is 5.96 Å². The van der Waals surface area contributed by atoms with Gasteiger partial charge in [0, 0.05) is 20.0 Å². The van der Waals surface area contributed by atoms with Gasteiger partial charge in [-0.25, -0.2) is 4.99 Å². The van der Waals surface area contributed by atoms with E-state index in [1.165, 1.54) is 45.4 Å². The quantitative estimate of drug-likeness (QED) is 0.204. The number of carbonyl (C=O) groups is 1. The summed E-state index contributed by atoms with van der Waals surface area (Å²) in [5, 5.41) is 9.53. The second-order valence-electron chi connectivity index (χ2n) is 7.13. The van der Waals surface area contributed by atoms with E-state index in [1.807, 2.05) is 18.2 Å². The highest BCUT2D eigenvalue weighted by molar-refractivity contribution is 14.0. The topological polar surface area (TPSA) is 74.8 Å². The summed E-state index contributed by atoms with van der Waals surface area (Å²) < 4.78 is 5.30. The molecule has 28 heavy (non-hydrogen) atoms. The molecule has 0 spiro atoms. The van der Waals surface area contributed by atoms with Crippen LogP contribution in [0.4, 0.5) is 5.69 Å². The van der Waals surface area contributed by atoms with Crippen LogP contribution in [0.1, 0.15) is 57.9 Å². The van der Waals surface area contributed by atoms with Crippen molar-refractivity contribution in [2.45, 2.75) is 58.9 Å². The minimum atomic E-state index is -0.119. The number of hydrogen-bond acceptors (Lipinski definition) is 3. The van der Waals surface area contributed by atoms with Crippen molar-refractivity contribution in [2.75, 3.05) is 25.5 Å². The fraction of sp³-hybridized carbons (Fsp3) is 0.619. The number of benzene rings is 1. The Morgan fingerprint density at radius 1 is 1.25 bits per heavy atom. The van der Waals surface area contributed by atoms with Crippen LogP contribution in [0.2, 0.25) is 0 Å². The lowest BCUT2D eigenvalue weighted by Crippen LogP contribution is -2.37. The number of guanidine groups is 1. The predicted molar refractivity (Wildman–Crippen MR) is 127 cm³/mol. The first-order valence-corrected chi connectivity index (χ1v) is 10.1. The van der Waals surface area contributed by atoms with Crippen LogP contribution in [0, 0.1) is 5.92 Å². The first kappa shape index (κ1) is 24.5. The molecule has 0 saturated heterocycles. The monoisotopic (exact) mass is 502 g/mol. The maximum atomic E-state index is 11.4. The summed E-state index contributed by atoms with van der Waals surface area (Å²) in [6, 6.07) is 5.74. The van der Waals surface area contributed by atoms with Gasteiger partial charge >= 0.3 is 0 Å². The van der Waals surface area contributed by atoms with E-state index in [9.17, 15) is 4.79 Å². The van der Waals surface area contributed by atoms with Crippen LogP contribution in [-0.2, 0) is 11.3 Å². The molecule has 0 bridgehead atoms. The molecule has 158 valence electrons. The molecule has 0 aliphatic heterocycles. The van der Waals surface area contributed by atoms with Crippen LogP contribution in [-0.4, -0.2) is 32.1 Å². The Morgan fingerprint density at radius 2 is 2.00 bits per heavy atom. The largest absolute Gasteiger partial charge is 0.495 e. The Labute approximate surface area is 186 Å². The van der Waals surface area contributed by atoms with Crippen LogP contribution in [0.3, 0.4) is 0 Å². The van der Waals surface area contributed by atoms with E-state index in [1.54, 1.807) is 7.11 Å². The predicted octanol–water partition coefficient (Wildman–Crippen LogP) is 4.30. The fourth-order valence-electron chi connectivity index (χ4n) is 3.55. The fourth-order valence-corrected chi connectivity index (χ4v) is 3.55. The molecule has 1 aromatic rings. The van der Waals surface area contributed by atoms with Crippen LogP contribution in [0.5, 0.6) is 5.75 Å². The first-order valence-electron chi connectivity index (χ1n) is 10.1. The normalized spacial score (nSPS) is 14.3. The molecule has 0 unspecified atom stereocenters. The zero-order valence-electron chi connectivity index (χ0n) is 17.3. The second kappa shape index (κ2) is 13.6. The molecule has 7 heteroatoms. The molecule has 6 nitrogen and oxygen atoms in total. The van der Waals surface area contributed by atoms with Gasteiger partial charge in [0.1, 0.15) is 5.75 Å². The van der Waals surface area contributed by atoms with Gasteiger partial charge in [-0.05, 0) is 43.4 Å². The summed E-state index contributed by atoms with van der Waals surface area (Å²) in [6.45, 7) is 5.87. The maximum Gasteiger partial charge on any atom is 0.221 e. The van der Waals surface area contributed by atoms with Gasteiger partial charge < -0.3 is 20.7 Å². The molecule has 1 fully saturated rings. The Bertz CT molecular complexity index is 631. The van der Waals surface area contributed by atoms with Gasteiger partial charge in [-0.1, -0.05) is 31.7 Å². The van der Waals surface area contributed by atoms with E-state index in [0.717, 1.165) is 30.5 Å². The third-order valence-electron chi connectivity index (χ3n) is 4.89. The number of anilines is 1. The molecule has 1 amide bonds. The molecule has 0 atom stereocenters. The zero-order chi connectivity index (χ0) is 19.5. The average Bonchev–Trinajstić information content (AvgIpc) is 3.16. The van der Waals surface area contributed by atoms with E-state index in [2.05, 4.69) is 27.9 Å². The molecule has 0 heterocycles. The van der Waals surface area contributed by atoms with Crippen LogP contribution in [0.15, 0.2) is 23.2 Å². The number of aliphatic imine (C=N–C) groups is 1. The average molecular weight is 502 g/mol. The Balaban J connectivity index is 0.00000392. The number of halogens is 1. The second-order valence-corrected chi connectivity index (χ2v) is 7.13. The van der Waals surface area contributed by atoms with Crippen molar-refractivity contribution in [3.63, 3.8) is 0 Å². The molecule has 1 saturated carbocycles. The lowest BCUT2D eigenvalue weighted by atomic mass is 10.0. The lowest BCUT2D eigenvalue weighted by Gasteiger charge is -2.13. The molecule has 0 radical (unpaired) electrons. The summed E-state index contributed by atoms with van der Waals surface area (Å²) in [4.78, 5) is 16.0. The van der Waals surface area contributed by atoms with E-state index < -0.39 is 0 Å². The highest BCUT2D eigenvalue weighted by Crippen LogP contribution is 2.28. The summed E-state index contributed by atoms with van der Waals surface area (Å²) in [5.74, 6) is 2.29. The minimum absolute atomic E-state index is 0. The minimum Gasteiger partial charge on any atom is -0.495 e. The van der Waals surface area contributed by atoms with Crippen molar-refractivity contribution in [2.24, 2.45) is 10.9 Å². The third-order valence-corrected chi connectivity index (χ3v) is 4.89. The molecular formula is C21H35IN4O2. The van der Waals surface area contributed by atoms with E-state index in [-0.39, 0.29) is 29.9 Å². The summed E-state index contributed by atoms with van der Waals surface area (Å²) in [6.07, 6.45) is 8.12. The van der Waals surface area contributed by atoms with Gasteiger partial charge in [-0.2, -0.15) is 0 Å². The number of ether oxygens (including phenoxy) is 1. The standard InChI is InChI=1S/C21H34N4O2.HI/c1-4-22-21(23-13-7-10-17-8-5-6-9-17)24-15-18-11-12-20(27-3)19(14-18)25-16(2)26;/h11-12,14,17H,4-10,13,15H2,1-3H3,(H,25,26)(H2,22,23,24);1H. The third kappa shape index (κ3) is 8.67. The Kier molecular flexibility index (Phi) is 11.9. The van der Waals surface area contributed by atoms with Crippen LogP contribution < -0.4 is 20.7 Å². The van der Waals surface area contributed by atoms with E-state index >= 15 is 0 Å². The van der Waals surface area contributed by atoms with Crippen molar-refractivity contribution < 1.29 is 9.53 Å². The van der Waals surface area contributed by atoms with Crippen LogP contribution >= 0.6 is 24.0 Å². The number of hydrogen-bond donors (Lipinski definition) is 3. The first-order chi connectivity index (χ1) is 13.1. The van der Waals surface area contributed by atoms with E-state index in [0.29, 0.717) is 18.0 Å². The maximum absolute atomic E-state index is 11.4. The van der Waals surface area contributed by atoms with Crippen molar-refractivity contribution in [1.82, 2.24) is 10.6 Å². The molecular weight excluding hydrogens is 467 g/mol. The molecule has 2 rings (SSSR count). The Morgan fingerprint density at radius 3 is 2.64 bits per heavy atom. The molecule has 0 aromatic heterocycles. The van der Waals surface area contributed by atoms with Crippen molar-refractivity contribution in [3.8, 4) is 5.75 Å². The highest BCUT2D eigenvalue weighted by Gasteiger charge is 2.14. The van der Waals surface area contributed by atoms with Crippen molar-refractivity contribution in [1.29, 1.82) is 0 Å². The number of nitrogens with zero attached hydrogens (tertiary/aromatic N) is 1. The highest BCUT2D eigenvalue weighted by atomic mass is 127. The number of carbonyl (C=O) groups excluding carboxylic acids is 1. The summed E-state index contributed by atoms with van der Waals surface area (Å²) in [5.41, 5.74) is 1.69.